The monoisotopic (exact) mass is 323 g/mol. The number of anilines is 3. The molecule has 2 aromatic rings. The van der Waals surface area contributed by atoms with E-state index in [4.69, 9.17) is 0 Å². The Morgan fingerprint density at radius 1 is 1.26 bits per heavy atom. The number of nitrogens with zero attached hydrogens (tertiary/aromatic N) is 3. The highest BCUT2D eigenvalue weighted by Crippen LogP contribution is 2.31. The van der Waals surface area contributed by atoms with Crippen molar-refractivity contribution in [2.75, 3.05) is 17.2 Å². The third-order valence-corrected chi connectivity index (χ3v) is 3.01. The number of rotatable bonds is 7. The molecule has 0 saturated heterocycles. The summed E-state index contributed by atoms with van der Waals surface area (Å²) in [6, 6.07) is 2.77. The number of unbranched alkanes of at least 4 members (excludes halogenated alkanes) is 1. The van der Waals surface area contributed by atoms with Gasteiger partial charge in [0.2, 0.25) is 11.6 Å². The fourth-order valence-corrected chi connectivity index (χ4v) is 1.88. The van der Waals surface area contributed by atoms with E-state index in [0.29, 0.717) is 6.54 Å². The molecule has 1 aromatic carbocycles. The summed E-state index contributed by atoms with van der Waals surface area (Å²) >= 11 is 0. The van der Waals surface area contributed by atoms with E-state index in [9.17, 15) is 18.9 Å². The van der Waals surface area contributed by atoms with Crippen LogP contribution in [0.15, 0.2) is 24.5 Å². The molecule has 9 heteroatoms. The maximum absolute atomic E-state index is 13.7. The molecule has 122 valence electrons. The van der Waals surface area contributed by atoms with Crippen LogP contribution in [0.2, 0.25) is 0 Å². The Bertz CT molecular complexity index is 712. The molecule has 0 aliphatic rings. The van der Waals surface area contributed by atoms with Crippen LogP contribution >= 0.6 is 0 Å². The van der Waals surface area contributed by atoms with Crippen molar-refractivity contribution in [3.8, 4) is 0 Å². The van der Waals surface area contributed by atoms with Gasteiger partial charge in [-0.2, -0.15) is 0 Å². The lowest BCUT2D eigenvalue weighted by molar-refractivity contribution is -0.383. The SMILES string of the molecule is CCCCNc1ncnc(Nc2cc(F)ccc2F)c1[N+](=O)[O-]. The molecule has 0 atom stereocenters. The molecule has 23 heavy (non-hydrogen) atoms. The molecular formula is C14H15F2N5O2. The summed E-state index contributed by atoms with van der Waals surface area (Å²) in [5.41, 5.74) is -0.668. The molecule has 2 N–H and O–H groups in total. The van der Waals surface area contributed by atoms with Crippen LogP contribution in [0.5, 0.6) is 0 Å². The summed E-state index contributed by atoms with van der Waals surface area (Å²) in [7, 11) is 0. The van der Waals surface area contributed by atoms with Gasteiger partial charge in [0.05, 0.1) is 10.6 Å². The Morgan fingerprint density at radius 2 is 2.00 bits per heavy atom. The van der Waals surface area contributed by atoms with Crippen molar-refractivity contribution < 1.29 is 13.7 Å². The second kappa shape index (κ2) is 7.43. The standard InChI is InChI=1S/C14H15F2N5O2/c1-2-3-6-17-13-12(21(22)23)14(19-8-18-13)20-11-7-9(15)4-5-10(11)16/h4-5,7-8H,2-3,6H2,1H3,(H2,17,18,19,20). The normalized spacial score (nSPS) is 10.4. The van der Waals surface area contributed by atoms with E-state index in [1.165, 1.54) is 0 Å². The first kappa shape index (κ1) is 16.5. The molecule has 7 nitrogen and oxygen atoms in total. The molecule has 0 fully saturated rings. The molecule has 0 spiro atoms. The summed E-state index contributed by atoms with van der Waals surface area (Å²) in [6.45, 7) is 2.48. The Kier molecular flexibility index (Phi) is 5.34. The second-order valence-corrected chi connectivity index (χ2v) is 4.71. The van der Waals surface area contributed by atoms with Crippen LogP contribution in [0, 0.1) is 21.7 Å². The quantitative estimate of drug-likeness (QED) is 0.459. The van der Waals surface area contributed by atoms with Gasteiger partial charge in [-0.05, 0) is 18.6 Å². The number of nitro groups is 1. The highest BCUT2D eigenvalue weighted by atomic mass is 19.1. The van der Waals surface area contributed by atoms with Crippen molar-refractivity contribution in [3.63, 3.8) is 0 Å². The van der Waals surface area contributed by atoms with Crippen LogP contribution in [0.25, 0.3) is 0 Å². The Labute approximate surface area is 130 Å². The molecule has 0 saturated carbocycles. The maximum atomic E-state index is 13.7. The zero-order chi connectivity index (χ0) is 16.8. The third kappa shape index (κ3) is 4.09. The van der Waals surface area contributed by atoms with Crippen molar-refractivity contribution in [2.24, 2.45) is 0 Å². The van der Waals surface area contributed by atoms with E-state index in [-0.39, 0.29) is 17.3 Å². The van der Waals surface area contributed by atoms with Crippen molar-refractivity contribution >= 4 is 23.0 Å². The van der Waals surface area contributed by atoms with Crippen LogP contribution in [0.3, 0.4) is 0 Å². The van der Waals surface area contributed by atoms with Gasteiger partial charge in [0.1, 0.15) is 18.0 Å². The first-order valence-electron chi connectivity index (χ1n) is 6.98. The summed E-state index contributed by atoms with van der Waals surface area (Å²) in [5.74, 6) is -1.61. The number of aromatic nitrogens is 2. The predicted molar refractivity (Wildman–Crippen MR) is 81.7 cm³/mol. The van der Waals surface area contributed by atoms with E-state index in [2.05, 4.69) is 20.6 Å². The Morgan fingerprint density at radius 3 is 2.70 bits per heavy atom. The van der Waals surface area contributed by atoms with Gasteiger partial charge in [0.25, 0.3) is 0 Å². The lowest BCUT2D eigenvalue weighted by Crippen LogP contribution is -2.09. The highest BCUT2D eigenvalue weighted by Gasteiger charge is 2.23. The Balaban J connectivity index is 2.35. The van der Waals surface area contributed by atoms with Crippen molar-refractivity contribution in [3.05, 3.63) is 46.3 Å². The number of benzene rings is 1. The van der Waals surface area contributed by atoms with E-state index in [1.807, 2.05) is 6.92 Å². The van der Waals surface area contributed by atoms with Gasteiger partial charge in [-0.15, -0.1) is 0 Å². The molecular weight excluding hydrogens is 308 g/mol. The van der Waals surface area contributed by atoms with Crippen LogP contribution in [0.1, 0.15) is 19.8 Å². The van der Waals surface area contributed by atoms with Crippen molar-refractivity contribution in [1.29, 1.82) is 0 Å². The van der Waals surface area contributed by atoms with Crippen LogP contribution in [-0.4, -0.2) is 21.4 Å². The Hall–Kier alpha value is -2.84. The minimum absolute atomic E-state index is 0.0257. The van der Waals surface area contributed by atoms with Gasteiger partial charge >= 0.3 is 5.69 Å². The molecule has 0 bridgehead atoms. The maximum Gasteiger partial charge on any atom is 0.353 e. The number of nitrogens with one attached hydrogen (secondary N) is 2. The van der Waals surface area contributed by atoms with E-state index < -0.39 is 22.2 Å². The average molecular weight is 323 g/mol. The van der Waals surface area contributed by atoms with Crippen molar-refractivity contribution in [2.45, 2.75) is 19.8 Å². The summed E-state index contributed by atoms with van der Waals surface area (Å²) in [4.78, 5) is 18.2. The first-order valence-corrected chi connectivity index (χ1v) is 6.98. The summed E-state index contributed by atoms with van der Waals surface area (Å²) in [5, 5.41) is 16.6. The largest absolute Gasteiger partial charge is 0.364 e. The number of hydrogen-bond donors (Lipinski definition) is 2. The number of halogens is 2. The predicted octanol–water partition coefficient (Wildman–Crippen LogP) is 3.62. The van der Waals surface area contributed by atoms with Crippen molar-refractivity contribution in [1.82, 2.24) is 9.97 Å². The third-order valence-electron chi connectivity index (χ3n) is 3.01. The fourth-order valence-electron chi connectivity index (χ4n) is 1.88. The zero-order valence-corrected chi connectivity index (χ0v) is 12.3. The van der Waals surface area contributed by atoms with Gasteiger partial charge in [-0.25, -0.2) is 18.7 Å². The highest BCUT2D eigenvalue weighted by molar-refractivity contribution is 5.73. The first-order chi connectivity index (χ1) is 11.0. The second-order valence-electron chi connectivity index (χ2n) is 4.71. The summed E-state index contributed by atoms with van der Waals surface area (Å²) in [6.07, 6.45) is 2.83. The molecule has 0 amide bonds. The van der Waals surface area contributed by atoms with Crippen LogP contribution in [-0.2, 0) is 0 Å². The molecule has 0 aliphatic heterocycles. The fraction of sp³-hybridized carbons (Fsp3) is 0.286. The van der Waals surface area contributed by atoms with Gasteiger partial charge in [-0.1, -0.05) is 13.3 Å². The molecule has 1 heterocycles. The van der Waals surface area contributed by atoms with Crippen LogP contribution < -0.4 is 10.6 Å². The topological polar surface area (TPSA) is 93.0 Å². The molecule has 0 radical (unpaired) electrons. The van der Waals surface area contributed by atoms with E-state index in [1.54, 1.807) is 0 Å². The van der Waals surface area contributed by atoms with Crippen LogP contribution in [0.4, 0.5) is 31.8 Å². The average Bonchev–Trinajstić information content (AvgIpc) is 2.51. The summed E-state index contributed by atoms with van der Waals surface area (Å²) < 4.78 is 26.9. The van der Waals surface area contributed by atoms with Gasteiger partial charge in [0, 0.05) is 12.6 Å². The molecule has 0 aliphatic carbocycles. The minimum atomic E-state index is -0.750. The minimum Gasteiger partial charge on any atom is -0.364 e. The number of hydrogen-bond acceptors (Lipinski definition) is 6. The zero-order valence-electron chi connectivity index (χ0n) is 12.3. The lowest BCUT2D eigenvalue weighted by atomic mass is 10.3. The van der Waals surface area contributed by atoms with E-state index >= 15 is 0 Å². The van der Waals surface area contributed by atoms with Gasteiger partial charge in [0.15, 0.2) is 0 Å². The van der Waals surface area contributed by atoms with Gasteiger partial charge < -0.3 is 10.6 Å². The van der Waals surface area contributed by atoms with E-state index in [0.717, 1.165) is 37.4 Å². The molecule has 1 aromatic heterocycles. The molecule has 2 rings (SSSR count). The molecule has 0 unspecified atom stereocenters. The lowest BCUT2D eigenvalue weighted by Gasteiger charge is -2.10. The smallest absolute Gasteiger partial charge is 0.353 e. The van der Waals surface area contributed by atoms with Gasteiger partial charge in [-0.3, -0.25) is 10.1 Å².